The van der Waals surface area contributed by atoms with Crippen molar-refractivity contribution in [1.82, 2.24) is 19.9 Å². The molecule has 0 spiro atoms. The summed E-state index contributed by atoms with van der Waals surface area (Å²) in [5, 5.41) is 0. The number of pyridine rings is 1. The summed E-state index contributed by atoms with van der Waals surface area (Å²) < 4.78 is 5.45. The highest BCUT2D eigenvalue weighted by Gasteiger charge is 2.24. The maximum Gasteiger partial charge on any atom is 0.228 e. The van der Waals surface area contributed by atoms with Crippen molar-refractivity contribution >= 4 is 11.7 Å². The largest absolute Gasteiger partial charge is 0.378 e. The standard InChI is InChI=1S/C19H23N5O2/c25-18(13-15-3-1-2-6-20-15)23-7-4-16-17(5-8-23)21-14-22-19(16)24-9-11-26-12-10-24/h1-3,6,14H,4-5,7-13H2. The minimum absolute atomic E-state index is 0.123. The number of hydrogen-bond donors (Lipinski definition) is 0. The number of morpholine rings is 1. The van der Waals surface area contributed by atoms with Crippen molar-refractivity contribution in [2.75, 3.05) is 44.3 Å². The highest BCUT2D eigenvalue weighted by molar-refractivity contribution is 5.78. The molecule has 2 aliphatic heterocycles. The third-order valence-electron chi connectivity index (χ3n) is 4.98. The predicted octanol–water partition coefficient (Wildman–Crippen LogP) is 0.878. The van der Waals surface area contributed by atoms with Crippen LogP contribution in [0.3, 0.4) is 0 Å². The Morgan fingerprint density at radius 3 is 2.69 bits per heavy atom. The molecule has 0 unspecified atom stereocenters. The number of ether oxygens (including phenoxy) is 1. The lowest BCUT2D eigenvalue weighted by Crippen LogP contribution is -2.38. The molecule has 1 saturated heterocycles. The van der Waals surface area contributed by atoms with Gasteiger partial charge in [0.2, 0.25) is 5.91 Å². The Balaban J connectivity index is 1.47. The predicted molar refractivity (Wildman–Crippen MR) is 97.0 cm³/mol. The number of anilines is 1. The molecule has 0 saturated carbocycles. The molecule has 0 radical (unpaired) electrons. The van der Waals surface area contributed by atoms with Gasteiger partial charge in [-0.25, -0.2) is 9.97 Å². The van der Waals surface area contributed by atoms with Crippen LogP contribution in [0, 0.1) is 0 Å². The summed E-state index contributed by atoms with van der Waals surface area (Å²) in [6.45, 7) is 4.56. The molecular formula is C19H23N5O2. The smallest absolute Gasteiger partial charge is 0.228 e. The van der Waals surface area contributed by atoms with Crippen molar-refractivity contribution in [3.05, 3.63) is 47.7 Å². The van der Waals surface area contributed by atoms with Crippen LogP contribution >= 0.6 is 0 Å². The fourth-order valence-electron chi connectivity index (χ4n) is 3.58. The van der Waals surface area contributed by atoms with Gasteiger partial charge in [-0.05, 0) is 18.6 Å². The topological polar surface area (TPSA) is 71.5 Å². The molecule has 2 aliphatic rings. The van der Waals surface area contributed by atoms with Crippen LogP contribution in [0.25, 0.3) is 0 Å². The third-order valence-corrected chi connectivity index (χ3v) is 4.98. The summed E-state index contributed by atoms with van der Waals surface area (Å²) in [5.41, 5.74) is 3.06. The van der Waals surface area contributed by atoms with E-state index in [-0.39, 0.29) is 5.91 Å². The maximum absolute atomic E-state index is 12.7. The van der Waals surface area contributed by atoms with Gasteiger partial charge in [-0.15, -0.1) is 0 Å². The summed E-state index contributed by atoms with van der Waals surface area (Å²) in [4.78, 5) is 30.2. The van der Waals surface area contributed by atoms with E-state index >= 15 is 0 Å². The molecule has 0 aromatic carbocycles. The average molecular weight is 353 g/mol. The number of carbonyl (C=O) groups is 1. The van der Waals surface area contributed by atoms with Crippen LogP contribution in [0.2, 0.25) is 0 Å². The van der Waals surface area contributed by atoms with Gasteiger partial charge in [-0.3, -0.25) is 9.78 Å². The van der Waals surface area contributed by atoms with Crippen molar-refractivity contribution in [3.63, 3.8) is 0 Å². The fraction of sp³-hybridized carbons (Fsp3) is 0.474. The number of rotatable bonds is 3. The van der Waals surface area contributed by atoms with Crippen molar-refractivity contribution in [1.29, 1.82) is 0 Å². The summed E-state index contributed by atoms with van der Waals surface area (Å²) in [7, 11) is 0. The van der Waals surface area contributed by atoms with Crippen molar-refractivity contribution in [2.45, 2.75) is 19.3 Å². The first kappa shape index (κ1) is 16.9. The first-order chi connectivity index (χ1) is 12.8. The zero-order valence-corrected chi connectivity index (χ0v) is 14.8. The lowest BCUT2D eigenvalue weighted by molar-refractivity contribution is -0.130. The van der Waals surface area contributed by atoms with E-state index in [1.165, 1.54) is 5.56 Å². The van der Waals surface area contributed by atoms with Crippen LogP contribution in [0.5, 0.6) is 0 Å². The molecule has 26 heavy (non-hydrogen) atoms. The van der Waals surface area contributed by atoms with E-state index in [1.807, 2.05) is 23.1 Å². The molecule has 2 aromatic rings. The minimum atomic E-state index is 0.123. The van der Waals surface area contributed by atoms with Crippen molar-refractivity contribution in [2.24, 2.45) is 0 Å². The molecule has 4 rings (SSSR count). The summed E-state index contributed by atoms with van der Waals surface area (Å²) >= 11 is 0. The molecule has 2 aromatic heterocycles. The zero-order chi connectivity index (χ0) is 17.8. The van der Waals surface area contributed by atoms with E-state index in [4.69, 9.17) is 4.74 Å². The van der Waals surface area contributed by atoms with Gasteiger partial charge in [-0.1, -0.05) is 6.07 Å². The van der Waals surface area contributed by atoms with Crippen LogP contribution in [-0.2, 0) is 28.8 Å². The van der Waals surface area contributed by atoms with Crippen LogP contribution in [0.4, 0.5) is 5.82 Å². The normalized spacial score (nSPS) is 17.5. The fourth-order valence-corrected chi connectivity index (χ4v) is 3.58. The molecule has 4 heterocycles. The molecule has 136 valence electrons. The van der Waals surface area contributed by atoms with E-state index in [0.717, 1.165) is 56.4 Å². The van der Waals surface area contributed by atoms with E-state index in [0.29, 0.717) is 19.5 Å². The van der Waals surface area contributed by atoms with Crippen LogP contribution in [0.1, 0.15) is 17.0 Å². The molecule has 7 nitrogen and oxygen atoms in total. The zero-order valence-electron chi connectivity index (χ0n) is 14.8. The Morgan fingerprint density at radius 1 is 1.04 bits per heavy atom. The van der Waals surface area contributed by atoms with Crippen LogP contribution in [-0.4, -0.2) is 65.2 Å². The van der Waals surface area contributed by atoms with Gasteiger partial charge in [0.05, 0.1) is 25.3 Å². The molecule has 1 amide bonds. The number of aromatic nitrogens is 3. The molecule has 0 atom stereocenters. The van der Waals surface area contributed by atoms with E-state index < -0.39 is 0 Å². The van der Waals surface area contributed by atoms with Gasteiger partial charge in [0.1, 0.15) is 12.1 Å². The maximum atomic E-state index is 12.7. The number of hydrogen-bond acceptors (Lipinski definition) is 6. The number of nitrogens with zero attached hydrogens (tertiary/aromatic N) is 5. The molecule has 0 N–H and O–H groups in total. The van der Waals surface area contributed by atoms with Gasteiger partial charge in [0, 0.05) is 50.1 Å². The Morgan fingerprint density at radius 2 is 1.88 bits per heavy atom. The highest BCUT2D eigenvalue weighted by Crippen LogP contribution is 2.24. The summed E-state index contributed by atoms with van der Waals surface area (Å²) in [6.07, 6.45) is 5.28. The lowest BCUT2D eigenvalue weighted by Gasteiger charge is -2.29. The SMILES string of the molecule is O=C(Cc1ccccn1)N1CCc2ncnc(N3CCOCC3)c2CC1. The van der Waals surface area contributed by atoms with Gasteiger partial charge < -0.3 is 14.5 Å². The Labute approximate surface area is 153 Å². The first-order valence-corrected chi connectivity index (χ1v) is 9.14. The molecule has 7 heteroatoms. The van der Waals surface area contributed by atoms with Crippen molar-refractivity contribution in [3.8, 4) is 0 Å². The Bertz CT molecular complexity index is 762. The molecule has 1 fully saturated rings. The Hall–Kier alpha value is -2.54. The van der Waals surface area contributed by atoms with Gasteiger partial charge in [0.15, 0.2) is 0 Å². The van der Waals surface area contributed by atoms with Crippen LogP contribution < -0.4 is 4.90 Å². The minimum Gasteiger partial charge on any atom is -0.378 e. The summed E-state index contributed by atoms with van der Waals surface area (Å²) in [6, 6.07) is 5.67. The Kier molecular flexibility index (Phi) is 5.06. The quantitative estimate of drug-likeness (QED) is 0.816. The third kappa shape index (κ3) is 3.67. The summed E-state index contributed by atoms with van der Waals surface area (Å²) in [5.74, 6) is 1.13. The number of amides is 1. The van der Waals surface area contributed by atoms with E-state index in [9.17, 15) is 4.79 Å². The molecule has 0 aliphatic carbocycles. The van der Waals surface area contributed by atoms with Crippen molar-refractivity contribution < 1.29 is 9.53 Å². The number of fused-ring (bicyclic) bond motifs is 1. The van der Waals surface area contributed by atoms with E-state index in [1.54, 1.807) is 12.5 Å². The monoisotopic (exact) mass is 353 g/mol. The van der Waals surface area contributed by atoms with Gasteiger partial charge in [-0.2, -0.15) is 0 Å². The average Bonchev–Trinajstić information content (AvgIpc) is 2.92. The second-order valence-electron chi connectivity index (χ2n) is 6.60. The second-order valence-corrected chi connectivity index (χ2v) is 6.60. The van der Waals surface area contributed by atoms with Crippen LogP contribution in [0.15, 0.2) is 30.7 Å². The molecule has 0 bridgehead atoms. The first-order valence-electron chi connectivity index (χ1n) is 9.14. The second kappa shape index (κ2) is 7.78. The lowest BCUT2D eigenvalue weighted by atomic mass is 10.1. The van der Waals surface area contributed by atoms with Gasteiger partial charge in [0.25, 0.3) is 0 Å². The van der Waals surface area contributed by atoms with Gasteiger partial charge >= 0.3 is 0 Å². The molecular weight excluding hydrogens is 330 g/mol. The van der Waals surface area contributed by atoms with E-state index in [2.05, 4.69) is 19.9 Å². The highest BCUT2D eigenvalue weighted by atomic mass is 16.5. The number of carbonyl (C=O) groups excluding carboxylic acids is 1.